The maximum absolute atomic E-state index is 14.6. The molecule has 0 bridgehead atoms. The van der Waals surface area contributed by atoms with E-state index in [1.54, 1.807) is 36.9 Å². The third-order valence-electron chi connectivity index (χ3n) is 7.45. The van der Waals surface area contributed by atoms with Crippen LogP contribution in [-0.2, 0) is 16.6 Å². The molecule has 6 heterocycles. The predicted molar refractivity (Wildman–Crippen MR) is 164 cm³/mol. The third kappa shape index (κ3) is 5.86. The Morgan fingerprint density at radius 1 is 1.00 bits per heavy atom. The van der Waals surface area contributed by atoms with E-state index in [9.17, 15) is 12.8 Å². The summed E-state index contributed by atoms with van der Waals surface area (Å²) in [7, 11) is -3.45. The summed E-state index contributed by atoms with van der Waals surface area (Å²) in [6.07, 6.45) is 9.97. The van der Waals surface area contributed by atoms with Crippen molar-refractivity contribution in [2.24, 2.45) is 0 Å². The molecule has 12 nitrogen and oxygen atoms in total. The average Bonchev–Trinajstić information content (AvgIpc) is 3.64. The first kappa shape index (κ1) is 28.0. The lowest BCUT2D eigenvalue weighted by Gasteiger charge is -2.23. The summed E-state index contributed by atoms with van der Waals surface area (Å²) in [5.74, 6) is 0.682. The van der Waals surface area contributed by atoms with Crippen LogP contribution in [-0.4, -0.2) is 69.0 Å². The number of nitrogens with zero attached hydrogens (tertiary/aromatic N) is 5. The van der Waals surface area contributed by atoms with Gasteiger partial charge in [-0.2, -0.15) is 5.10 Å². The van der Waals surface area contributed by atoms with E-state index in [0.717, 1.165) is 48.7 Å². The first-order valence-electron chi connectivity index (χ1n) is 14.1. The molecule has 0 radical (unpaired) electrons. The molecule has 7 rings (SSSR count). The molecular formula is C30H28FN9O3S. The normalized spacial score (nSPS) is 14.4. The Kier molecular flexibility index (Phi) is 7.24. The number of sulfonamides is 1. The molecule has 5 aromatic heterocycles. The predicted octanol–water partition coefficient (Wildman–Crippen LogP) is 3.94. The summed E-state index contributed by atoms with van der Waals surface area (Å²) in [6, 6.07) is 10.0. The highest BCUT2D eigenvalue weighted by Crippen LogP contribution is 2.33. The van der Waals surface area contributed by atoms with E-state index in [1.165, 1.54) is 12.1 Å². The smallest absolute Gasteiger partial charge is 0.209 e. The van der Waals surface area contributed by atoms with E-state index in [4.69, 9.17) is 9.72 Å². The van der Waals surface area contributed by atoms with Crippen molar-refractivity contribution >= 4 is 32.1 Å². The Balaban J connectivity index is 1.23. The van der Waals surface area contributed by atoms with Gasteiger partial charge in [0.2, 0.25) is 10.0 Å². The number of imidazole rings is 1. The maximum atomic E-state index is 14.6. The third-order valence-corrected chi connectivity index (χ3v) is 8.12. The molecule has 1 saturated heterocycles. The number of H-pyrrole nitrogens is 2. The molecule has 0 amide bonds. The standard InChI is InChI=1S/C30H28FN9O3S/c1-44(41,42)36-13-17-8-18(10-21(31)9-17)26-28-25(4-7-34-26)37-30(38-28)27-24-12-20(15-35-29(24)40-39-27)19-11-23(16-33-14-19)43-22-2-5-32-6-3-22/h4,7-12,14-16,22,32,36H,2-3,5-6,13H2,1H3,(H,37,38)(H,35,39,40). The molecule has 0 aliphatic carbocycles. The molecule has 0 spiro atoms. The molecule has 0 atom stereocenters. The lowest BCUT2D eigenvalue weighted by atomic mass is 10.1. The van der Waals surface area contributed by atoms with Crippen LogP contribution < -0.4 is 14.8 Å². The van der Waals surface area contributed by atoms with E-state index in [-0.39, 0.29) is 12.6 Å². The number of hydrogen-bond donors (Lipinski definition) is 4. The van der Waals surface area contributed by atoms with Gasteiger partial charge in [0.05, 0.1) is 29.0 Å². The number of aromatic amines is 2. The number of ether oxygens (including phenoxy) is 1. The number of hydrogen-bond acceptors (Lipinski definition) is 9. The minimum Gasteiger partial charge on any atom is -0.489 e. The summed E-state index contributed by atoms with van der Waals surface area (Å²) in [4.78, 5) is 21.6. The SMILES string of the molecule is CS(=O)(=O)NCc1cc(F)cc(-c2nccc3[nH]c(-c4n[nH]c5ncc(-c6cncc(OC7CCNCC7)c6)cc45)nc23)c1. The van der Waals surface area contributed by atoms with Crippen molar-refractivity contribution in [1.82, 2.24) is 45.2 Å². The monoisotopic (exact) mass is 613 g/mol. The van der Waals surface area contributed by atoms with Crippen LogP contribution in [0, 0.1) is 5.82 Å². The summed E-state index contributed by atoms with van der Waals surface area (Å²) < 4.78 is 46.3. The van der Waals surface area contributed by atoms with Crippen molar-refractivity contribution in [3.63, 3.8) is 0 Å². The highest BCUT2D eigenvalue weighted by molar-refractivity contribution is 7.88. The van der Waals surface area contributed by atoms with E-state index < -0.39 is 15.8 Å². The molecule has 224 valence electrons. The van der Waals surface area contributed by atoms with E-state index in [0.29, 0.717) is 50.8 Å². The molecule has 1 aromatic carbocycles. The van der Waals surface area contributed by atoms with Gasteiger partial charge in [-0.25, -0.2) is 27.5 Å². The van der Waals surface area contributed by atoms with Gasteiger partial charge in [-0.15, -0.1) is 0 Å². The number of nitrogens with one attached hydrogen (secondary N) is 4. The molecule has 44 heavy (non-hydrogen) atoms. The van der Waals surface area contributed by atoms with Gasteiger partial charge in [-0.05, 0) is 67.9 Å². The number of rotatable bonds is 8. The zero-order valence-corrected chi connectivity index (χ0v) is 24.4. The van der Waals surface area contributed by atoms with Gasteiger partial charge in [0.15, 0.2) is 11.5 Å². The Morgan fingerprint density at radius 3 is 2.68 bits per heavy atom. The van der Waals surface area contributed by atoms with Gasteiger partial charge in [0.25, 0.3) is 0 Å². The fourth-order valence-electron chi connectivity index (χ4n) is 5.35. The molecule has 0 unspecified atom stereocenters. The molecule has 0 saturated carbocycles. The summed E-state index contributed by atoms with van der Waals surface area (Å²) >= 11 is 0. The van der Waals surface area contributed by atoms with E-state index in [1.807, 2.05) is 12.1 Å². The number of fused-ring (bicyclic) bond motifs is 2. The van der Waals surface area contributed by atoms with Gasteiger partial charge in [0.1, 0.15) is 28.9 Å². The Bertz CT molecular complexity index is 2110. The molecule has 1 aliphatic rings. The van der Waals surface area contributed by atoms with Crippen LogP contribution in [0.5, 0.6) is 5.75 Å². The summed E-state index contributed by atoms with van der Waals surface area (Å²) in [5.41, 5.74) is 5.42. The molecule has 1 fully saturated rings. The van der Waals surface area contributed by atoms with Crippen molar-refractivity contribution < 1.29 is 17.5 Å². The minimum absolute atomic E-state index is 0.0530. The van der Waals surface area contributed by atoms with Crippen molar-refractivity contribution in [3.05, 3.63) is 72.6 Å². The fourth-order valence-corrected chi connectivity index (χ4v) is 5.78. The fraction of sp³-hybridized carbons (Fsp3) is 0.233. The van der Waals surface area contributed by atoms with Gasteiger partial charge >= 0.3 is 0 Å². The Morgan fingerprint density at radius 2 is 1.84 bits per heavy atom. The van der Waals surface area contributed by atoms with Crippen LogP contribution in [0.2, 0.25) is 0 Å². The maximum Gasteiger partial charge on any atom is 0.209 e. The Labute approximate surface area is 251 Å². The number of halogens is 1. The summed E-state index contributed by atoms with van der Waals surface area (Å²) in [5, 5.41) is 11.6. The number of pyridine rings is 3. The second-order valence-corrected chi connectivity index (χ2v) is 12.6. The van der Waals surface area contributed by atoms with Crippen molar-refractivity contribution in [3.8, 4) is 39.7 Å². The second kappa shape index (κ2) is 11.4. The number of benzene rings is 1. The topological polar surface area (TPSA) is 163 Å². The van der Waals surface area contributed by atoms with Crippen molar-refractivity contribution in [2.45, 2.75) is 25.5 Å². The van der Waals surface area contributed by atoms with Crippen LogP contribution in [0.3, 0.4) is 0 Å². The van der Waals surface area contributed by atoms with Crippen molar-refractivity contribution in [2.75, 3.05) is 19.3 Å². The minimum atomic E-state index is -3.45. The van der Waals surface area contributed by atoms with Crippen molar-refractivity contribution in [1.29, 1.82) is 0 Å². The lowest BCUT2D eigenvalue weighted by Crippen LogP contribution is -2.34. The average molecular weight is 614 g/mol. The van der Waals surface area contributed by atoms with Crippen LogP contribution >= 0.6 is 0 Å². The first-order chi connectivity index (χ1) is 21.3. The zero-order valence-electron chi connectivity index (χ0n) is 23.6. The number of piperidine rings is 1. The first-order valence-corrected chi connectivity index (χ1v) is 15.9. The highest BCUT2D eigenvalue weighted by Gasteiger charge is 2.19. The lowest BCUT2D eigenvalue weighted by molar-refractivity contribution is 0.162. The number of aromatic nitrogens is 7. The van der Waals surface area contributed by atoms with Gasteiger partial charge in [-0.3, -0.25) is 15.1 Å². The van der Waals surface area contributed by atoms with E-state index in [2.05, 4.69) is 40.2 Å². The molecule has 14 heteroatoms. The molecule has 4 N–H and O–H groups in total. The quantitative estimate of drug-likeness (QED) is 0.199. The van der Waals surface area contributed by atoms with Crippen LogP contribution in [0.25, 0.3) is 56.0 Å². The van der Waals surface area contributed by atoms with Crippen LogP contribution in [0.15, 0.2) is 61.2 Å². The Hall–Kier alpha value is -4.79. The largest absolute Gasteiger partial charge is 0.489 e. The van der Waals surface area contributed by atoms with E-state index >= 15 is 0 Å². The molecular weight excluding hydrogens is 585 g/mol. The summed E-state index contributed by atoms with van der Waals surface area (Å²) in [6.45, 7) is 1.82. The zero-order chi connectivity index (χ0) is 30.3. The van der Waals surface area contributed by atoms with Gasteiger partial charge in [0, 0.05) is 41.8 Å². The molecule has 6 aromatic rings. The second-order valence-electron chi connectivity index (χ2n) is 10.8. The van der Waals surface area contributed by atoms with Crippen LogP contribution in [0.1, 0.15) is 18.4 Å². The molecule has 1 aliphatic heterocycles. The highest BCUT2D eigenvalue weighted by atomic mass is 32.2. The van der Waals surface area contributed by atoms with Gasteiger partial charge < -0.3 is 15.0 Å². The van der Waals surface area contributed by atoms with Crippen LogP contribution in [0.4, 0.5) is 4.39 Å². The van der Waals surface area contributed by atoms with Gasteiger partial charge in [-0.1, -0.05) is 0 Å².